The van der Waals surface area contributed by atoms with Gasteiger partial charge in [0.05, 0.1) is 18.8 Å². The van der Waals surface area contributed by atoms with E-state index in [4.69, 9.17) is 4.74 Å². The van der Waals surface area contributed by atoms with E-state index in [2.05, 4.69) is 22.3 Å². The maximum absolute atomic E-state index is 13.3. The van der Waals surface area contributed by atoms with Crippen LogP contribution in [-0.2, 0) is 11.2 Å². The molecule has 2 aromatic rings. The molecule has 0 radical (unpaired) electrons. The Kier molecular flexibility index (Phi) is 5.18. The Balaban J connectivity index is 1.29. The molecule has 2 saturated heterocycles. The van der Waals surface area contributed by atoms with Crippen molar-refractivity contribution in [3.8, 4) is 5.75 Å². The molecule has 0 bridgehead atoms. The fourth-order valence-corrected chi connectivity index (χ4v) is 5.07. The molecule has 31 heavy (non-hydrogen) atoms. The van der Waals surface area contributed by atoms with Crippen LogP contribution in [0, 0.1) is 0 Å². The normalized spacial score (nSPS) is 22.7. The molecular weight excluding hydrogens is 390 g/mol. The number of methoxy groups -OCH3 is 1. The Morgan fingerprint density at radius 2 is 1.74 bits per heavy atom. The van der Waals surface area contributed by atoms with Gasteiger partial charge in [0, 0.05) is 37.5 Å². The second-order valence-electron chi connectivity index (χ2n) is 8.88. The Morgan fingerprint density at radius 1 is 1.06 bits per heavy atom. The standard InChI is InChI=1S/C25H29N3O3/c1-31-21-11-7-19(8-12-21)23(29)27-15-13-25(14-16-27)26-22(17-18-5-3-2-4-6-18)24(30)28(25)20-9-10-20/h2-8,11-12,20,22,26H,9-10,13-17H2,1H3/t22-/m1/s1. The van der Waals surface area contributed by atoms with Gasteiger partial charge in [-0.3, -0.25) is 14.9 Å². The van der Waals surface area contributed by atoms with Crippen molar-refractivity contribution < 1.29 is 14.3 Å². The van der Waals surface area contributed by atoms with Crippen molar-refractivity contribution in [2.45, 2.75) is 49.9 Å². The van der Waals surface area contributed by atoms with E-state index in [0.29, 0.717) is 31.1 Å². The summed E-state index contributed by atoms with van der Waals surface area (Å²) in [6.45, 7) is 1.29. The largest absolute Gasteiger partial charge is 0.497 e. The zero-order chi connectivity index (χ0) is 21.4. The van der Waals surface area contributed by atoms with Crippen LogP contribution < -0.4 is 10.1 Å². The maximum Gasteiger partial charge on any atom is 0.253 e. The minimum Gasteiger partial charge on any atom is -0.497 e. The Hall–Kier alpha value is -2.86. The van der Waals surface area contributed by atoms with Crippen molar-refractivity contribution in [2.75, 3.05) is 20.2 Å². The third-order valence-corrected chi connectivity index (χ3v) is 6.85. The summed E-state index contributed by atoms with van der Waals surface area (Å²) in [6, 6.07) is 17.6. The van der Waals surface area contributed by atoms with Gasteiger partial charge in [-0.1, -0.05) is 30.3 Å². The number of amides is 2. The van der Waals surface area contributed by atoms with Gasteiger partial charge in [-0.05, 0) is 49.1 Å². The number of carbonyl (C=O) groups excluding carboxylic acids is 2. The van der Waals surface area contributed by atoms with Crippen LogP contribution in [0.15, 0.2) is 54.6 Å². The van der Waals surface area contributed by atoms with Crippen molar-refractivity contribution >= 4 is 11.8 Å². The molecule has 1 saturated carbocycles. The number of rotatable bonds is 5. The van der Waals surface area contributed by atoms with Crippen LogP contribution in [0.3, 0.4) is 0 Å². The molecule has 1 N–H and O–H groups in total. The van der Waals surface area contributed by atoms with Crippen molar-refractivity contribution in [2.24, 2.45) is 0 Å². The number of nitrogens with zero attached hydrogens (tertiary/aromatic N) is 2. The predicted octanol–water partition coefficient (Wildman–Crippen LogP) is 2.83. The molecule has 2 aliphatic heterocycles. The van der Waals surface area contributed by atoms with E-state index in [-0.39, 0.29) is 23.5 Å². The number of ether oxygens (including phenoxy) is 1. The number of likely N-dealkylation sites (tertiary alicyclic amines) is 1. The number of hydrogen-bond donors (Lipinski definition) is 1. The number of carbonyl (C=O) groups is 2. The van der Waals surface area contributed by atoms with Gasteiger partial charge < -0.3 is 14.5 Å². The van der Waals surface area contributed by atoms with Gasteiger partial charge in [0.15, 0.2) is 0 Å². The van der Waals surface area contributed by atoms with Gasteiger partial charge in [-0.15, -0.1) is 0 Å². The first kappa shape index (κ1) is 20.1. The van der Waals surface area contributed by atoms with Gasteiger partial charge in [0.2, 0.25) is 5.91 Å². The first-order valence-corrected chi connectivity index (χ1v) is 11.2. The highest BCUT2D eigenvalue weighted by Gasteiger charge is 2.56. The van der Waals surface area contributed by atoms with E-state index in [0.717, 1.165) is 31.4 Å². The van der Waals surface area contributed by atoms with E-state index < -0.39 is 0 Å². The number of benzene rings is 2. The monoisotopic (exact) mass is 419 g/mol. The second-order valence-corrected chi connectivity index (χ2v) is 8.88. The summed E-state index contributed by atoms with van der Waals surface area (Å²) in [5.41, 5.74) is 1.52. The molecule has 1 atom stereocenters. The average molecular weight is 420 g/mol. The molecule has 2 heterocycles. The lowest BCUT2D eigenvalue weighted by molar-refractivity contribution is -0.134. The van der Waals surface area contributed by atoms with Gasteiger partial charge in [-0.2, -0.15) is 0 Å². The van der Waals surface area contributed by atoms with Crippen LogP contribution in [0.5, 0.6) is 5.75 Å². The van der Waals surface area contributed by atoms with Crippen LogP contribution >= 0.6 is 0 Å². The highest BCUT2D eigenvalue weighted by atomic mass is 16.5. The van der Waals surface area contributed by atoms with E-state index in [9.17, 15) is 9.59 Å². The number of hydrogen-bond acceptors (Lipinski definition) is 4. The molecule has 162 valence electrons. The third kappa shape index (κ3) is 3.81. The Morgan fingerprint density at radius 3 is 2.35 bits per heavy atom. The highest BCUT2D eigenvalue weighted by molar-refractivity contribution is 5.94. The molecule has 6 heteroatoms. The van der Waals surface area contributed by atoms with Crippen LogP contribution in [0.4, 0.5) is 0 Å². The lowest BCUT2D eigenvalue weighted by Gasteiger charge is -2.45. The summed E-state index contributed by atoms with van der Waals surface area (Å²) in [5.74, 6) is 1.01. The van der Waals surface area contributed by atoms with Crippen LogP contribution in [0.2, 0.25) is 0 Å². The molecule has 1 spiro atoms. The molecule has 3 aliphatic rings. The van der Waals surface area contributed by atoms with Gasteiger partial charge in [0.25, 0.3) is 5.91 Å². The van der Waals surface area contributed by atoms with E-state index in [1.165, 1.54) is 5.56 Å². The maximum atomic E-state index is 13.3. The van der Waals surface area contributed by atoms with Gasteiger partial charge in [-0.25, -0.2) is 0 Å². The van der Waals surface area contributed by atoms with Crippen molar-refractivity contribution in [1.82, 2.24) is 15.1 Å². The van der Waals surface area contributed by atoms with Gasteiger partial charge in [0.1, 0.15) is 5.75 Å². The lowest BCUT2D eigenvalue weighted by Crippen LogP contribution is -2.60. The molecule has 0 unspecified atom stereocenters. The zero-order valence-electron chi connectivity index (χ0n) is 17.9. The minimum absolute atomic E-state index is 0.0423. The Labute approximate surface area is 183 Å². The van der Waals surface area contributed by atoms with Crippen molar-refractivity contribution in [1.29, 1.82) is 0 Å². The SMILES string of the molecule is COc1ccc(C(=O)N2CCC3(CC2)N[C@H](Cc2ccccc2)C(=O)N3C2CC2)cc1. The molecule has 5 rings (SSSR count). The first-order valence-electron chi connectivity index (χ1n) is 11.2. The fourth-order valence-electron chi connectivity index (χ4n) is 5.07. The second kappa shape index (κ2) is 8.00. The number of piperidine rings is 1. The molecule has 2 aromatic carbocycles. The molecule has 2 amide bonds. The summed E-state index contributed by atoms with van der Waals surface area (Å²) < 4.78 is 5.19. The van der Waals surface area contributed by atoms with Crippen LogP contribution in [0.25, 0.3) is 0 Å². The van der Waals surface area contributed by atoms with Crippen LogP contribution in [-0.4, -0.2) is 59.6 Å². The average Bonchev–Trinajstić information content (AvgIpc) is 3.61. The Bertz CT molecular complexity index is 948. The molecule has 3 fully saturated rings. The smallest absolute Gasteiger partial charge is 0.253 e. The molecule has 0 aromatic heterocycles. The lowest BCUT2D eigenvalue weighted by atomic mass is 9.95. The highest BCUT2D eigenvalue weighted by Crippen LogP contribution is 2.41. The van der Waals surface area contributed by atoms with Crippen LogP contribution in [0.1, 0.15) is 41.6 Å². The molecule has 6 nitrogen and oxygen atoms in total. The minimum atomic E-state index is -0.325. The summed E-state index contributed by atoms with van der Waals surface area (Å²) in [5, 5.41) is 3.71. The molecular formula is C25H29N3O3. The van der Waals surface area contributed by atoms with E-state index in [1.807, 2.05) is 47.4 Å². The van der Waals surface area contributed by atoms with E-state index >= 15 is 0 Å². The number of nitrogens with one attached hydrogen (secondary N) is 1. The summed E-state index contributed by atoms with van der Waals surface area (Å²) in [4.78, 5) is 30.4. The summed E-state index contributed by atoms with van der Waals surface area (Å²) >= 11 is 0. The third-order valence-electron chi connectivity index (χ3n) is 6.85. The van der Waals surface area contributed by atoms with E-state index in [1.54, 1.807) is 7.11 Å². The van der Waals surface area contributed by atoms with Gasteiger partial charge >= 0.3 is 0 Å². The first-order chi connectivity index (χ1) is 15.1. The van der Waals surface area contributed by atoms with Crippen molar-refractivity contribution in [3.05, 3.63) is 65.7 Å². The summed E-state index contributed by atoms with van der Waals surface area (Å²) in [7, 11) is 1.62. The fraction of sp³-hybridized carbons (Fsp3) is 0.440. The summed E-state index contributed by atoms with van der Waals surface area (Å²) in [6.07, 6.45) is 4.41. The predicted molar refractivity (Wildman–Crippen MR) is 118 cm³/mol. The quantitative estimate of drug-likeness (QED) is 0.810. The topological polar surface area (TPSA) is 61.9 Å². The van der Waals surface area contributed by atoms with Crippen molar-refractivity contribution in [3.63, 3.8) is 0 Å². The molecule has 1 aliphatic carbocycles. The zero-order valence-corrected chi connectivity index (χ0v) is 17.9.